The van der Waals surface area contributed by atoms with Crippen LogP contribution in [0, 0.1) is 5.41 Å². The molecule has 1 aliphatic heterocycles. The van der Waals surface area contributed by atoms with E-state index in [2.05, 4.69) is 10.6 Å². The minimum atomic E-state index is 0.351. The first-order valence-corrected chi connectivity index (χ1v) is 5.90. The Morgan fingerprint density at radius 2 is 2.29 bits per heavy atom. The molecule has 1 saturated carbocycles. The van der Waals surface area contributed by atoms with Gasteiger partial charge in [0.25, 0.3) is 0 Å². The number of hydrogen-bond donors (Lipinski definition) is 3. The van der Waals surface area contributed by atoms with Gasteiger partial charge in [0.15, 0.2) is 0 Å². The lowest BCUT2D eigenvalue weighted by atomic mass is 10.0. The summed E-state index contributed by atoms with van der Waals surface area (Å²) < 4.78 is 0. The Morgan fingerprint density at radius 3 is 2.86 bits per heavy atom. The minimum absolute atomic E-state index is 0.351. The number of nitrogens with one attached hydrogen (secondary N) is 2. The van der Waals surface area contributed by atoms with Crippen molar-refractivity contribution in [1.29, 1.82) is 0 Å². The number of hydrogen-bond acceptors (Lipinski definition) is 3. The lowest BCUT2D eigenvalue weighted by molar-refractivity contribution is 0.244. The first-order chi connectivity index (χ1) is 6.85. The Kier molecular flexibility index (Phi) is 3.42. The molecule has 0 radical (unpaired) electrons. The van der Waals surface area contributed by atoms with Gasteiger partial charge in [0, 0.05) is 25.7 Å². The second kappa shape index (κ2) is 4.60. The van der Waals surface area contributed by atoms with Gasteiger partial charge < -0.3 is 15.7 Å². The van der Waals surface area contributed by atoms with Gasteiger partial charge in [-0.05, 0) is 44.1 Å². The standard InChI is InChI=1S/C11H22N2O/c14-7-5-11(3-4-11)9-12-8-10-2-1-6-13-10/h10,12-14H,1-9H2. The molecule has 1 unspecified atom stereocenters. The maximum atomic E-state index is 8.91. The highest BCUT2D eigenvalue weighted by Crippen LogP contribution is 2.47. The van der Waals surface area contributed by atoms with E-state index in [1.807, 2.05) is 0 Å². The molecule has 1 atom stereocenters. The maximum Gasteiger partial charge on any atom is 0.0436 e. The van der Waals surface area contributed by atoms with E-state index in [1.165, 1.54) is 32.2 Å². The zero-order chi connectivity index (χ0) is 9.86. The first-order valence-electron chi connectivity index (χ1n) is 5.90. The Bertz CT molecular complexity index is 174. The summed E-state index contributed by atoms with van der Waals surface area (Å²) in [5.74, 6) is 0. The van der Waals surface area contributed by atoms with Gasteiger partial charge in [-0.3, -0.25) is 0 Å². The number of rotatable bonds is 6. The topological polar surface area (TPSA) is 44.3 Å². The highest BCUT2D eigenvalue weighted by atomic mass is 16.3. The van der Waals surface area contributed by atoms with E-state index in [0.717, 1.165) is 19.5 Å². The van der Waals surface area contributed by atoms with E-state index in [0.29, 0.717) is 18.1 Å². The zero-order valence-electron chi connectivity index (χ0n) is 8.89. The monoisotopic (exact) mass is 198 g/mol. The van der Waals surface area contributed by atoms with Crippen molar-refractivity contribution < 1.29 is 5.11 Å². The van der Waals surface area contributed by atoms with Crippen LogP contribution in [-0.4, -0.2) is 37.4 Å². The van der Waals surface area contributed by atoms with Crippen molar-refractivity contribution in [3.8, 4) is 0 Å². The third kappa shape index (κ3) is 2.69. The summed E-state index contributed by atoms with van der Waals surface area (Å²) in [7, 11) is 0. The summed E-state index contributed by atoms with van der Waals surface area (Å²) in [6.07, 6.45) is 6.24. The molecule has 0 aromatic carbocycles. The third-order valence-electron chi connectivity index (χ3n) is 3.65. The van der Waals surface area contributed by atoms with Gasteiger partial charge in [-0.15, -0.1) is 0 Å². The molecule has 0 aromatic rings. The fourth-order valence-corrected chi connectivity index (χ4v) is 2.37. The van der Waals surface area contributed by atoms with Crippen LogP contribution < -0.4 is 10.6 Å². The van der Waals surface area contributed by atoms with Crippen LogP contribution in [-0.2, 0) is 0 Å². The fourth-order valence-electron chi connectivity index (χ4n) is 2.37. The summed E-state index contributed by atoms with van der Waals surface area (Å²) in [4.78, 5) is 0. The van der Waals surface area contributed by atoms with Gasteiger partial charge in [0.1, 0.15) is 0 Å². The number of aliphatic hydroxyl groups is 1. The zero-order valence-corrected chi connectivity index (χ0v) is 8.89. The molecule has 2 rings (SSSR count). The molecule has 1 heterocycles. The molecule has 0 bridgehead atoms. The Hall–Kier alpha value is -0.120. The molecule has 2 fully saturated rings. The van der Waals surface area contributed by atoms with Gasteiger partial charge in [-0.2, -0.15) is 0 Å². The number of aliphatic hydroxyl groups excluding tert-OH is 1. The van der Waals surface area contributed by atoms with Crippen molar-refractivity contribution in [2.24, 2.45) is 5.41 Å². The molecule has 3 heteroatoms. The quantitative estimate of drug-likeness (QED) is 0.582. The second-order valence-corrected chi connectivity index (χ2v) is 4.90. The van der Waals surface area contributed by atoms with Crippen LogP contribution in [0.5, 0.6) is 0 Å². The van der Waals surface area contributed by atoms with E-state index in [1.54, 1.807) is 0 Å². The molecular formula is C11H22N2O. The van der Waals surface area contributed by atoms with Crippen LogP contribution in [0.25, 0.3) is 0 Å². The Labute approximate surface area is 86.3 Å². The summed E-state index contributed by atoms with van der Waals surface area (Å²) in [6.45, 7) is 3.75. The maximum absolute atomic E-state index is 8.91. The average Bonchev–Trinajstić information content (AvgIpc) is 2.75. The molecule has 1 aliphatic carbocycles. The van der Waals surface area contributed by atoms with Crippen LogP contribution in [0.2, 0.25) is 0 Å². The van der Waals surface area contributed by atoms with Gasteiger partial charge in [0.05, 0.1) is 0 Å². The lowest BCUT2D eigenvalue weighted by Crippen LogP contribution is -2.36. The lowest BCUT2D eigenvalue weighted by Gasteiger charge is -2.17. The normalized spacial score (nSPS) is 29.4. The van der Waals surface area contributed by atoms with Crippen molar-refractivity contribution in [2.45, 2.75) is 38.1 Å². The predicted molar refractivity (Wildman–Crippen MR) is 57.3 cm³/mol. The van der Waals surface area contributed by atoms with E-state index in [9.17, 15) is 0 Å². The van der Waals surface area contributed by atoms with Gasteiger partial charge in [0.2, 0.25) is 0 Å². The summed E-state index contributed by atoms with van der Waals surface area (Å²) in [5.41, 5.74) is 0.466. The molecule has 0 aromatic heterocycles. The van der Waals surface area contributed by atoms with E-state index >= 15 is 0 Å². The molecule has 3 N–H and O–H groups in total. The minimum Gasteiger partial charge on any atom is -0.396 e. The molecule has 3 nitrogen and oxygen atoms in total. The molecule has 1 saturated heterocycles. The van der Waals surface area contributed by atoms with Crippen LogP contribution in [0.3, 0.4) is 0 Å². The fraction of sp³-hybridized carbons (Fsp3) is 1.00. The summed E-state index contributed by atoms with van der Waals surface area (Å²) >= 11 is 0. The summed E-state index contributed by atoms with van der Waals surface area (Å²) in [6, 6.07) is 0.694. The molecule has 0 spiro atoms. The Balaban J connectivity index is 1.58. The van der Waals surface area contributed by atoms with Crippen LogP contribution in [0.15, 0.2) is 0 Å². The SMILES string of the molecule is OCCC1(CNCC2CCCN2)CC1. The van der Waals surface area contributed by atoms with Crippen molar-refractivity contribution >= 4 is 0 Å². The van der Waals surface area contributed by atoms with Crippen molar-refractivity contribution in [1.82, 2.24) is 10.6 Å². The molecular weight excluding hydrogens is 176 g/mol. The van der Waals surface area contributed by atoms with Gasteiger partial charge >= 0.3 is 0 Å². The smallest absolute Gasteiger partial charge is 0.0436 e. The summed E-state index contributed by atoms with van der Waals surface area (Å²) in [5, 5.41) is 15.9. The highest BCUT2D eigenvalue weighted by Gasteiger charge is 2.41. The third-order valence-corrected chi connectivity index (χ3v) is 3.65. The van der Waals surface area contributed by atoms with Crippen molar-refractivity contribution in [3.63, 3.8) is 0 Å². The van der Waals surface area contributed by atoms with Crippen LogP contribution >= 0.6 is 0 Å². The molecule has 0 amide bonds. The molecule has 14 heavy (non-hydrogen) atoms. The first kappa shape index (κ1) is 10.4. The Morgan fingerprint density at radius 1 is 1.43 bits per heavy atom. The van der Waals surface area contributed by atoms with Gasteiger partial charge in [-0.25, -0.2) is 0 Å². The predicted octanol–water partition coefficient (Wildman–Crippen LogP) is 0.491. The van der Waals surface area contributed by atoms with Crippen molar-refractivity contribution in [3.05, 3.63) is 0 Å². The molecule has 2 aliphatic rings. The van der Waals surface area contributed by atoms with Crippen molar-refractivity contribution in [2.75, 3.05) is 26.2 Å². The average molecular weight is 198 g/mol. The largest absolute Gasteiger partial charge is 0.396 e. The second-order valence-electron chi connectivity index (χ2n) is 4.90. The van der Waals surface area contributed by atoms with Crippen LogP contribution in [0.4, 0.5) is 0 Å². The van der Waals surface area contributed by atoms with E-state index < -0.39 is 0 Å². The van der Waals surface area contributed by atoms with Gasteiger partial charge in [-0.1, -0.05) is 0 Å². The van der Waals surface area contributed by atoms with E-state index in [4.69, 9.17) is 5.11 Å². The van der Waals surface area contributed by atoms with Crippen LogP contribution in [0.1, 0.15) is 32.1 Å². The molecule has 82 valence electrons. The van der Waals surface area contributed by atoms with E-state index in [-0.39, 0.29) is 0 Å². The highest BCUT2D eigenvalue weighted by molar-refractivity contribution is 4.94.